The van der Waals surface area contributed by atoms with Crippen LogP contribution in [0.25, 0.3) is 0 Å². The first-order chi connectivity index (χ1) is 7.23. The van der Waals surface area contributed by atoms with Crippen molar-refractivity contribution >= 4 is 11.9 Å². The van der Waals surface area contributed by atoms with Crippen molar-refractivity contribution in [1.29, 1.82) is 0 Å². The number of aromatic carboxylic acids is 2. The van der Waals surface area contributed by atoms with E-state index in [1.54, 1.807) is 0 Å². The summed E-state index contributed by atoms with van der Waals surface area (Å²) in [6, 6.07) is 1.72. The van der Waals surface area contributed by atoms with E-state index in [0.29, 0.717) is 12.1 Å². The molecule has 0 atom stereocenters. The van der Waals surface area contributed by atoms with Crippen molar-refractivity contribution in [2.45, 2.75) is 6.18 Å². The van der Waals surface area contributed by atoms with Crippen LogP contribution in [-0.2, 0) is 25.7 Å². The van der Waals surface area contributed by atoms with Gasteiger partial charge in [0.15, 0.2) is 0 Å². The second-order valence-electron chi connectivity index (χ2n) is 2.87. The normalized spacial score (nSPS) is 10.5. The molecule has 88 valence electrons. The minimum atomic E-state index is -4.90. The van der Waals surface area contributed by atoms with Crippen LogP contribution >= 0.6 is 0 Å². The van der Waals surface area contributed by atoms with Crippen LogP contribution in [0.3, 0.4) is 0 Å². The van der Waals surface area contributed by atoms with Gasteiger partial charge in [-0.2, -0.15) is 13.2 Å². The smallest absolute Gasteiger partial charge is 0.417 e. The molecule has 0 heterocycles. The molecule has 0 radical (unpaired) electrons. The van der Waals surface area contributed by atoms with E-state index in [2.05, 4.69) is 0 Å². The fraction of sp³-hybridized carbons (Fsp3) is 0.111. The molecule has 0 bridgehead atoms. The second kappa shape index (κ2) is 5.27. The van der Waals surface area contributed by atoms with Crippen molar-refractivity contribution in [3.63, 3.8) is 0 Å². The SMILES string of the molecule is O=C(O)c1ccc(C(=O)O)c(C(F)(F)F)c1.[Zn]. The number of carboxylic acids is 2. The van der Waals surface area contributed by atoms with Gasteiger partial charge in [-0.25, -0.2) is 9.59 Å². The number of rotatable bonds is 2. The van der Waals surface area contributed by atoms with Crippen molar-refractivity contribution in [2.75, 3.05) is 0 Å². The average molecular weight is 300 g/mol. The Morgan fingerprint density at radius 2 is 1.59 bits per heavy atom. The van der Waals surface area contributed by atoms with Crippen LogP contribution in [0.5, 0.6) is 0 Å². The van der Waals surface area contributed by atoms with Crippen LogP contribution in [0.1, 0.15) is 26.3 Å². The Bertz CT molecular complexity index is 456. The molecule has 0 saturated heterocycles. The number of halogens is 3. The van der Waals surface area contributed by atoms with Crippen LogP contribution in [-0.4, -0.2) is 22.2 Å². The molecule has 0 aliphatic heterocycles. The van der Waals surface area contributed by atoms with Gasteiger partial charge >= 0.3 is 18.1 Å². The van der Waals surface area contributed by atoms with E-state index in [1.165, 1.54) is 0 Å². The van der Waals surface area contributed by atoms with Crippen molar-refractivity contribution < 1.29 is 52.5 Å². The predicted molar refractivity (Wildman–Crippen MR) is 45.4 cm³/mol. The Morgan fingerprint density at radius 1 is 1.06 bits per heavy atom. The van der Waals surface area contributed by atoms with E-state index >= 15 is 0 Å². The van der Waals surface area contributed by atoms with Gasteiger partial charge < -0.3 is 10.2 Å². The third-order valence-electron chi connectivity index (χ3n) is 1.80. The van der Waals surface area contributed by atoms with Gasteiger partial charge in [-0.05, 0) is 18.2 Å². The van der Waals surface area contributed by atoms with Gasteiger partial charge in [0, 0.05) is 19.5 Å². The molecule has 2 N–H and O–H groups in total. The largest absolute Gasteiger partial charge is 0.478 e. The van der Waals surface area contributed by atoms with Gasteiger partial charge in [0.1, 0.15) is 0 Å². The van der Waals surface area contributed by atoms with Gasteiger partial charge in [0.2, 0.25) is 0 Å². The number of benzene rings is 1. The molecule has 0 aliphatic carbocycles. The zero-order valence-corrected chi connectivity index (χ0v) is 11.3. The Kier molecular flexibility index (Phi) is 4.83. The summed E-state index contributed by atoms with van der Waals surface area (Å²) in [5.41, 5.74) is -3.06. The van der Waals surface area contributed by atoms with Gasteiger partial charge in [-0.3, -0.25) is 0 Å². The molecule has 1 aromatic carbocycles. The quantitative estimate of drug-likeness (QED) is 0.820. The topological polar surface area (TPSA) is 74.6 Å². The minimum absolute atomic E-state index is 0. The Morgan fingerprint density at radius 3 is 1.94 bits per heavy atom. The summed E-state index contributed by atoms with van der Waals surface area (Å²) in [6.45, 7) is 0. The van der Waals surface area contributed by atoms with Crippen LogP contribution in [0.2, 0.25) is 0 Å². The maximum Gasteiger partial charge on any atom is 0.417 e. The van der Waals surface area contributed by atoms with E-state index in [0.717, 1.165) is 6.07 Å². The van der Waals surface area contributed by atoms with Gasteiger partial charge in [0.05, 0.1) is 16.7 Å². The summed E-state index contributed by atoms with van der Waals surface area (Å²) in [5.74, 6) is -3.31. The third kappa shape index (κ3) is 3.52. The van der Waals surface area contributed by atoms with Crippen molar-refractivity contribution in [1.82, 2.24) is 0 Å². The average Bonchev–Trinajstić information content (AvgIpc) is 2.15. The minimum Gasteiger partial charge on any atom is -0.478 e. The first-order valence-electron chi connectivity index (χ1n) is 3.91. The summed E-state index contributed by atoms with van der Waals surface area (Å²) >= 11 is 0. The first-order valence-corrected chi connectivity index (χ1v) is 3.91. The number of carbonyl (C=O) groups is 2. The zero-order valence-electron chi connectivity index (χ0n) is 8.28. The van der Waals surface area contributed by atoms with Crippen LogP contribution in [0.4, 0.5) is 13.2 Å². The molecule has 0 saturated carbocycles. The van der Waals surface area contributed by atoms with Crippen LogP contribution in [0, 0.1) is 0 Å². The number of alkyl halides is 3. The van der Waals surface area contributed by atoms with Crippen molar-refractivity contribution in [3.05, 3.63) is 34.9 Å². The van der Waals surface area contributed by atoms with Crippen molar-refractivity contribution in [3.8, 4) is 0 Å². The molecule has 0 aliphatic rings. The molecular weight excluding hydrogens is 294 g/mol. The molecule has 17 heavy (non-hydrogen) atoms. The standard InChI is InChI=1S/C9H5F3O4.Zn/c10-9(11,12)6-3-4(7(13)14)1-2-5(6)8(15)16;/h1-3H,(H,13,14)(H,15,16);. The molecule has 1 rings (SSSR count). The van der Waals surface area contributed by atoms with E-state index in [4.69, 9.17) is 10.2 Å². The molecule has 0 aromatic heterocycles. The molecule has 0 spiro atoms. The molecule has 1 aromatic rings. The zero-order chi connectivity index (χ0) is 12.5. The number of hydrogen-bond acceptors (Lipinski definition) is 2. The maximum absolute atomic E-state index is 12.4. The summed E-state index contributed by atoms with van der Waals surface area (Å²) < 4.78 is 37.2. The Balaban J connectivity index is 0.00000256. The Labute approximate surface area is 106 Å². The van der Waals surface area contributed by atoms with Crippen molar-refractivity contribution in [2.24, 2.45) is 0 Å². The van der Waals surface area contributed by atoms with E-state index in [-0.39, 0.29) is 19.5 Å². The maximum atomic E-state index is 12.4. The molecule has 0 unspecified atom stereocenters. The molecule has 0 fully saturated rings. The summed E-state index contributed by atoms with van der Waals surface area (Å²) in [7, 11) is 0. The predicted octanol–water partition coefficient (Wildman–Crippen LogP) is 2.10. The number of carboxylic acid groups (broad SMARTS) is 2. The molecular formula is C9H5F3O4Zn. The van der Waals surface area contributed by atoms with Gasteiger partial charge in [-0.1, -0.05) is 0 Å². The van der Waals surface area contributed by atoms with Crippen LogP contribution in [0.15, 0.2) is 18.2 Å². The summed E-state index contributed by atoms with van der Waals surface area (Å²) in [6.07, 6.45) is -4.90. The number of hydrogen-bond donors (Lipinski definition) is 2. The van der Waals surface area contributed by atoms with Gasteiger partial charge in [-0.15, -0.1) is 0 Å². The van der Waals surface area contributed by atoms with E-state index in [9.17, 15) is 22.8 Å². The van der Waals surface area contributed by atoms with E-state index < -0.39 is 34.8 Å². The second-order valence-corrected chi connectivity index (χ2v) is 2.87. The van der Waals surface area contributed by atoms with Gasteiger partial charge in [0.25, 0.3) is 0 Å². The van der Waals surface area contributed by atoms with E-state index in [1.807, 2.05) is 0 Å². The first kappa shape index (κ1) is 15.6. The monoisotopic (exact) mass is 298 g/mol. The summed E-state index contributed by atoms with van der Waals surface area (Å²) in [5, 5.41) is 17.0. The summed E-state index contributed by atoms with van der Waals surface area (Å²) in [4.78, 5) is 20.9. The fourth-order valence-electron chi connectivity index (χ4n) is 1.10. The molecule has 8 heteroatoms. The van der Waals surface area contributed by atoms with Crippen LogP contribution < -0.4 is 0 Å². The molecule has 4 nitrogen and oxygen atoms in total. The fourth-order valence-corrected chi connectivity index (χ4v) is 1.10. The third-order valence-corrected chi connectivity index (χ3v) is 1.80. The Hall–Kier alpha value is -1.43. The molecule has 0 amide bonds.